The molecule has 1 unspecified atom stereocenters. The Morgan fingerprint density at radius 3 is 2.56 bits per heavy atom. The number of anilines is 2. The molecule has 0 amide bonds. The first-order chi connectivity index (χ1) is 8.39. The van der Waals surface area contributed by atoms with E-state index < -0.39 is 9.84 Å². The monoisotopic (exact) mass is 268 g/mol. The zero-order valence-corrected chi connectivity index (χ0v) is 11.6. The lowest BCUT2D eigenvalue weighted by atomic mass is 9.80. The van der Waals surface area contributed by atoms with Crippen LogP contribution in [-0.4, -0.2) is 20.7 Å². The Hall–Kier alpha value is -1.23. The first-order valence-electron chi connectivity index (χ1n) is 6.24. The quantitative estimate of drug-likeness (QED) is 0.822. The molecular weight excluding hydrogens is 248 g/mol. The van der Waals surface area contributed by atoms with Crippen LogP contribution in [0.4, 0.5) is 11.4 Å². The van der Waals surface area contributed by atoms with E-state index in [0.717, 1.165) is 5.69 Å². The molecule has 0 bridgehead atoms. The second kappa shape index (κ2) is 4.80. The van der Waals surface area contributed by atoms with Crippen molar-refractivity contribution in [3.8, 4) is 0 Å². The van der Waals surface area contributed by atoms with Gasteiger partial charge in [0, 0.05) is 12.3 Å². The smallest absolute Gasteiger partial charge is 0.177 e. The minimum Gasteiger partial charge on any atom is -0.396 e. The topological polar surface area (TPSA) is 72.2 Å². The van der Waals surface area contributed by atoms with Gasteiger partial charge in [-0.15, -0.1) is 0 Å². The second-order valence-electron chi connectivity index (χ2n) is 5.11. The van der Waals surface area contributed by atoms with Crippen LogP contribution in [0.5, 0.6) is 0 Å². The maximum absolute atomic E-state index is 11.6. The van der Waals surface area contributed by atoms with E-state index in [1.54, 1.807) is 12.1 Å². The fourth-order valence-electron chi connectivity index (χ4n) is 2.30. The van der Waals surface area contributed by atoms with Gasteiger partial charge in [-0.25, -0.2) is 8.42 Å². The average molecular weight is 268 g/mol. The molecule has 1 aliphatic carbocycles. The van der Waals surface area contributed by atoms with E-state index in [0.29, 0.717) is 17.6 Å². The van der Waals surface area contributed by atoms with Crippen LogP contribution in [-0.2, 0) is 9.84 Å². The number of rotatable bonds is 4. The molecule has 18 heavy (non-hydrogen) atoms. The summed E-state index contributed by atoms with van der Waals surface area (Å²) in [7, 11) is -3.27. The highest BCUT2D eigenvalue weighted by Crippen LogP contribution is 2.33. The van der Waals surface area contributed by atoms with Gasteiger partial charge in [-0.1, -0.05) is 12.5 Å². The number of nitrogens with one attached hydrogen (secondary N) is 1. The molecule has 1 aliphatic rings. The van der Waals surface area contributed by atoms with Gasteiger partial charge in [0.1, 0.15) is 0 Å². The Labute approximate surface area is 108 Å². The minimum absolute atomic E-state index is 0.202. The summed E-state index contributed by atoms with van der Waals surface area (Å²) < 4.78 is 23.2. The first-order valence-corrected chi connectivity index (χ1v) is 8.14. The molecule has 0 heterocycles. The molecule has 1 aromatic carbocycles. The molecule has 5 heteroatoms. The van der Waals surface area contributed by atoms with Crippen molar-refractivity contribution in [2.45, 2.75) is 37.1 Å². The van der Waals surface area contributed by atoms with Gasteiger partial charge < -0.3 is 11.1 Å². The van der Waals surface area contributed by atoms with Crippen LogP contribution in [0.15, 0.2) is 23.1 Å². The van der Waals surface area contributed by atoms with E-state index in [-0.39, 0.29) is 4.90 Å². The molecule has 2 rings (SSSR count). The normalized spacial score (nSPS) is 18.1. The minimum atomic E-state index is -3.27. The number of sulfone groups is 1. The molecule has 4 nitrogen and oxygen atoms in total. The van der Waals surface area contributed by atoms with Gasteiger partial charge in [0.2, 0.25) is 0 Å². The Kier molecular flexibility index (Phi) is 3.52. The van der Waals surface area contributed by atoms with E-state index in [2.05, 4.69) is 12.2 Å². The van der Waals surface area contributed by atoms with Crippen molar-refractivity contribution in [2.75, 3.05) is 17.3 Å². The van der Waals surface area contributed by atoms with Crippen molar-refractivity contribution in [3.63, 3.8) is 0 Å². The van der Waals surface area contributed by atoms with E-state index in [4.69, 9.17) is 5.73 Å². The number of para-hydroxylation sites is 1. The molecule has 100 valence electrons. The van der Waals surface area contributed by atoms with E-state index in [1.165, 1.54) is 25.5 Å². The Morgan fingerprint density at radius 2 is 2.06 bits per heavy atom. The molecule has 1 atom stereocenters. The predicted molar refractivity (Wildman–Crippen MR) is 74.4 cm³/mol. The van der Waals surface area contributed by atoms with Gasteiger partial charge in [-0.3, -0.25) is 0 Å². The molecule has 1 fully saturated rings. The SMILES string of the molecule is CC(Nc1cccc(S(C)(=O)=O)c1N)C1CCC1. The number of hydrogen-bond acceptors (Lipinski definition) is 4. The number of nitrogen functional groups attached to an aromatic ring is 1. The Morgan fingerprint density at radius 1 is 1.39 bits per heavy atom. The van der Waals surface area contributed by atoms with Gasteiger partial charge >= 0.3 is 0 Å². The number of nitrogens with two attached hydrogens (primary N) is 1. The standard InChI is InChI=1S/C13H20N2O2S/c1-9(10-5-3-6-10)15-11-7-4-8-12(13(11)14)18(2,16)17/h4,7-10,15H,3,5-6,14H2,1-2H3. The van der Waals surface area contributed by atoms with Gasteiger partial charge in [0.25, 0.3) is 0 Å². The predicted octanol–water partition coefficient (Wildman–Crippen LogP) is 2.27. The second-order valence-corrected chi connectivity index (χ2v) is 7.10. The fourth-order valence-corrected chi connectivity index (χ4v) is 3.13. The lowest BCUT2D eigenvalue weighted by molar-refractivity contribution is 0.285. The molecular formula is C13H20N2O2S. The van der Waals surface area contributed by atoms with Crippen molar-refractivity contribution in [1.82, 2.24) is 0 Å². The van der Waals surface area contributed by atoms with Crippen LogP contribution in [0.1, 0.15) is 26.2 Å². The molecule has 0 aliphatic heterocycles. The Balaban J connectivity index is 2.23. The largest absolute Gasteiger partial charge is 0.396 e. The molecule has 0 aromatic heterocycles. The van der Waals surface area contributed by atoms with Crippen LogP contribution < -0.4 is 11.1 Å². The van der Waals surface area contributed by atoms with Crippen molar-refractivity contribution >= 4 is 21.2 Å². The summed E-state index contributed by atoms with van der Waals surface area (Å²) in [5, 5.41) is 3.34. The van der Waals surface area contributed by atoms with E-state index in [9.17, 15) is 8.42 Å². The van der Waals surface area contributed by atoms with Gasteiger partial charge in [-0.05, 0) is 37.8 Å². The Bertz CT molecular complexity index is 536. The van der Waals surface area contributed by atoms with E-state index >= 15 is 0 Å². The summed E-state index contributed by atoms with van der Waals surface area (Å²) in [6.45, 7) is 2.12. The maximum atomic E-state index is 11.6. The zero-order chi connectivity index (χ0) is 13.3. The summed E-state index contributed by atoms with van der Waals surface area (Å²) >= 11 is 0. The van der Waals surface area contributed by atoms with Crippen LogP contribution >= 0.6 is 0 Å². The summed E-state index contributed by atoms with van der Waals surface area (Å²) in [6, 6.07) is 5.43. The highest BCUT2D eigenvalue weighted by atomic mass is 32.2. The number of hydrogen-bond donors (Lipinski definition) is 2. The third-order valence-electron chi connectivity index (χ3n) is 3.71. The molecule has 1 saturated carbocycles. The molecule has 0 radical (unpaired) electrons. The van der Waals surface area contributed by atoms with Crippen molar-refractivity contribution in [3.05, 3.63) is 18.2 Å². The average Bonchev–Trinajstić information content (AvgIpc) is 2.16. The van der Waals surface area contributed by atoms with Crippen molar-refractivity contribution in [1.29, 1.82) is 0 Å². The van der Waals surface area contributed by atoms with Gasteiger partial charge in [0.15, 0.2) is 9.84 Å². The third kappa shape index (κ3) is 2.61. The summed E-state index contributed by atoms with van der Waals surface area (Å²) in [5.74, 6) is 0.672. The highest BCUT2D eigenvalue weighted by Gasteiger charge is 2.24. The summed E-state index contributed by atoms with van der Waals surface area (Å²) in [4.78, 5) is 0.202. The lowest BCUT2D eigenvalue weighted by Gasteiger charge is -2.33. The van der Waals surface area contributed by atoms with Gasteiger partial charge in [0.05, 0.1) is 16.3 Å². The molecule has 1 aromatic rings. The number of benzene rings is 1. The molecule has 3 N–H and O–H groups in total. The summed E-state index contributed by atoms with van der Waals surface area (Å²) in [6.07, 6.45) is 4.94. The van der Waals surface area contributed by atoms with Crippen LogP contribution in [0, 0.1) is 5.92 Å². The highest BCUT2D eigenvalue weighted by molar-refractivity contribution is 7.90. The van der Waals surface area contributed by atoms with Crippen LogP contribution in [0.3, 0.4) is 0 Å². The summed E-state index contributed by atoms with van der Waals surface area (Å²) in [5.41, 5.74) is 6.98. The molecule has 0 spiro atoms. The first kappa shape index (κ1) is 13.2. The third-order valence-corrected chi connectivity index (χ3v) is 4.86. The van der Waals surface area contributed by atoms with E-state index in [1.807, 2.05) is 6.07 Å². The van der Waals surface area contributed by atoms with Crippen LogP contribution in [0.25, 0.3) is 0 Å². The van der Waals surface area contributed by atoms with Crippen molar-refractivity contribution < 1.29 is 8.42 Å². The van der Waals surface area contributed by atoms with Crippen molar-refractivity contribution in [2.24, 2.45) is 5.92 Å². The lowest BCUT2D eigenvalue weighted by Crippen LogP contribution is -2.31. The maximum Gasteiger partial charge on any atom is 0.177 e. The zero-order valence-electron chi connectivity index (χ0n) is 10.8. The molecule has 0 saturated heterocycles. The van der Waals surface area contributed by atoms with Gasteiger partial charge in [-0.2, -0.15) is 0 Å². The van der Waals surface area contributed by atoms with Crippen LogP contribution in [0.2, 0.25) is 0 Å². The fraction of sp³-hybridized carbons (Fsp3) is 0.538.